The molecule has 1 aromatic rings. The maximum absolute atomic E-state index is 5.33. The summed E-state index contributed by atoms with van der Waals surface area (Å²) >= 11 is 0. The number of ether oxygens (including phenoxy) is 2. The summed E-state index contributed by atoms with van der Waals surface area (Å²) in [7, 11) is 3.32. The monoisotopic (exact) mass is 237 g/mol. The second kappa shape index (κ2) is 5.80. The lowest BCUT2D eigenvalue weighted by atomic mass is 9.92. The summed E-state index contributed by atoms with van der Waals surface area (Å²) in [5.41, 5.74) is 1.35. The molecule has 96 valence electrons. The molecular weight excluding hydrogens is 214 g/mol. The van der Waals surface area contributed by atoms with E-state index in [1.165, 1.54) is 0 Å². The maximum Gasteiger partial charge on any atom is 0.145 e. The van der Waals surface area contributed by atoms with E-state index in [0.717, 1.165) is 30.2 Å². The normalized spacial score (nSPS) is 11.1. The molecule has 0 aliphatic carbocycles. The minimum atomic E-state index is 0.340. The van der Waals surface area contributed by atoms with Gasteiger partial charge in [0, 0.05) is 12.6 Å². The van der Waals surface area contributed by atoms with Gasteiger partial charge in [-0.15, -0.1) is 0 Å². The van der Waals surface area contributed by atoms with Gasteiger partial charge in [0.15, 0.2) is 0 Å². The van der Waals surface area contributed by atoms with E-state index >= 15 is 0 Å². The average molecular weight is 237 g/mol. The summed E-state index contributed by atoms with van der Waals surface area (Å²) in [6.45, 7) is 7.64. The summed E-state index contributed by atoms with van der Waals surface area (Å²) in [6, 6.07) is 5.81. The molecule has 3 nitrogen and oxygen atoms in total. The molecule has 0 spiro atoms. The highest BCUT2D eigenvalue weighted by Gasteiger charge is 2.10. The Balaban J connectivity index is 2.64. The molecule has 0 saturated carbocycles. The first-order valence-corrected chi connectivity index (χ1v) is 5.92. The quantitative estimate of drug-likeness (QED) is 0.849. The Hall–Kier alpha value is -1.38. The molecule has 3 heteroatoms. The molecule has 0 heterocycles. The summed E-state index contributed by atoms with van der Waals surface area (Å²) in [6.07, 6.45) is 1.11. The Morgan fingerprint density at radius 3 is 2.35 bits per heavy atom. The predicted molar refractivity (Wildman–Crippen MR) is 72.1 cm³/mol. The summed E-state index contributed by atoms with van der Waals surface area (Å²) in [5.74, 6) is 1.63. The van der Waals surface area contributed by atoms with Gasteiger partial charge in [0.1, 0.15) is 11.5 Å². The first-order valence-electron chi connectivity index (χ1n) is 5.92. The van der Waals surface area contributed by atoms with Gasteiger partial charge in [-0.1, -0.05) is 20.8 Å². The fourth-order valence-corrected chi connectivity index (χ4v) is 1.52. The largest absolute Gasteiger partial charge is 0.497 e. The van der Waals surface area contributed by atoms with E-state index in [9.17, 15) is 0 Å². The van der Waals surface area contributed by atoms with Crippen LogP contribution in [0.25, 0.3) is 0 Å². The Bertz CT molecular complexity index is 356. The number of hydrogen-bond acceptors (Lipinski definition) is 3. The van der Waals surface area contributed by atoms with Gasteiger partial charge in [-0.3, -0.25) is 0 Å². The van der Waals surface area contributed by atoms with Crippen molar-refractivity contribution < 1.29 is 9.47 Å². The molecule has 0 aromatic heterocycles. The van der Waals surface area contributed by atoms with Crippen LogP contribution in [0.2, 0.25) is 0 Å². The van der Waals surface area contributed by atoms with E-state index in [0.29, 0.717) is 5.41 Å². The molecular formula is C14H23NO2. The number of hydrogen-bond donors (Lipinski definition) is 1. The highest BCUT2D eigenvalue weighted by atomic mass is 16.5. The van der Waals surface area contributed by atoms with Crippen LogP contribution in [0, 0.1) is 5.41 Å². The summed E-state index contributed by atoms with van der Waals surface area (Å²) in [4.78, 5) is 0. The van der Waals surface area contributed by atoms with Crippen molar-refractivity contribution in [3.63, 3.8) is 0 Å². The topological polar surface area (TPSA) is 30.5 Å². The summed E-state index contributed by atoms with van der Waals surface area (Å²) in [5, 5.41) is 3.39. The standard InChI is InChI=1S/C14H23NO2/c1-14(2,3)8-9-15-12-7-6-11(16-4)10-13(12)17-5/h6-7,10,15H,8-9H2,1-5H3. The van der Waals surface area contributed by atoms with Crippen molar-refractivity contribution in [2.45, 2.75) is 27.2 Å². The van der Waals surface area contributed by atoms with E-state index in [1.807, 2.05) is 18.2 Å². The van der Waals surface area contributed by atoms with Crippen LogP contribution >= 0.6 is 0 Å². The Morgan fingerprint density at radius 2 is 1.82 bits per heavy atom. The van der Waals surface area contributed by atoms with Gasteiger partial charge in [-0.05, 0) is 24.0 Å². The fraction of sp³-hybridized carbons (Fsp3) is 0.571. The van der Waals surface area contributed by atoms with Crippen molar-refractivity contribution in [1.82, 2.24) is 0 Å². The van der Waals surface area contributed by atoms with Crippen molar-refractivity contribution in [1.29, 1.82) is 0 Å². The third-order valence-electron chi connectivity index (χ3n) is 2.60. The molecule has 0 unspecified atom stereocenters. The Morgan fingerprint density at radius 1 is 1.12 bits per heavy atom. The zero-order chi connectivity index (χ0) is 12.9. The van der Waals surface area contributed by atoms with Crippen LogP contribution in [-0.2, 0) is 0 Å². The lowest BCUT2D eigenvalue weighted by Crippen LogP contribution is -2.13. The van der Waals surface area contributed by atoms with E-state index in [1.54, 1.807) is 14.2 Å². The van der Waals surface area contributed by atoms with Gasteiger partial charge in [0.05, 0.1) is 19.9 Å². The molecule has 17 heavy (non-hydrogen) atoms. The van der Waals surface area contributed by atoms with Gasteiger partial charge in [0.2, 0.25) is 0 Å². The van der Waals surface area contributed by atoms with Crippen LogP contribution in [0.1, 0.15) is 27.2 Å². The van der Waals surface area contributed by atoms with Crippen molar-refractivity contribution in [2.75, 3.05) is 26.1 Å². The minimum Gasteiger partial charge on any atom is -0.497 e. The van der Waals surface area contributed by atoms with Crippen molar-refractivity contribution in [3.8, 4) is 11.5 Å². The lowest BCUT2D eigenvalue weighted by Gasteiger charge is -2.19. The molecule has 0 atom stereocenters. The smallest absolute Gasteiger partial charge is 0.145 e. The molecule has 0 aliphatic rings. The molecule has 0 saturated heterocycles. The van der Waals surface area contributed by atoms with Crippen LogP contribution < -0.4 is 14.8 Å². The van der Waals surface area contributed by atoms with Gasteiger partial charge < -0.3 is 14.8 Å². The molecule has 1 N–H and O–H groups in total. The average Bonchev–Trinajstić information content (AvgIpc) is 2.27. The van der Waals surface area contributed by atoms with Gasteiger partial charge >= 0.3 is 0 Å². The zero-order valence-corrected chi connectivity index (χ0v) is 11.5. The van der Waals surface area contributed by atoms with Gasteiger partial charge in [-0.25, -0.2) is 0 Å². The fourth-order valence-electron chi connectivity index (χ4n) is 1.52. The van der Waals surface area contributed by atoms with Gasteiger partial charge in [0.25, 0.3) is 0 Å². The van der Waals surface area contributed by atoms with Crippen LogP contribution in [0.3, 0.4) is 0 Å². The van der Waals surface area contributed by atoms with E-state index in [-0.39, 0.29) is 0 Å². The third kappa shape index (κ3) is 4.55. The zero-order valence-electron chi connectivity index (χ0n) is 11.5. The highest BCUT2D eigenvalue weighted by Crippen LogP contribution is 2.29. The van der Waals surface area contributed by atoms with Crippen LogP contribution in [0.15, 0.2) is 18.2 Å². The first-order chi connectivity index (χ1) is 7.96. The predicted octanol–water partition coefficient (Wildman–Crippen LogP) is 3.55. The number of benzene rings is 1. The SMILES string of the molecule is COc1ccc(NCCC(C)(C)C)c(OC)c1. The summed E-state index contributed by atoms with van der Waals surface area (Å²) < 4.78 is 10.5. The van der Waals surface area contributed by atoms with Crippen molar-refractivity contribution in [2.24, 2.45) is 5.41 Å². The second-order valence-corrected chi connectivity index (χ2v) is 5.30. The molecule has 0 radical (unpaired) electrons. The van der Waals surface area contributed by atoms with Crippen molar-refractivity contribution >= 4 is 5.69 Å². The van der Waals surface area contributed by atoms with Crippen LogP contribution in [0.5, 0.6) is 11.5 Å². The van der Waals surface area contributed by atoms with E-state index < -0.39 is 0 Å². The molecule has 0 bridgehead atoms. The molecule has 0 amide bonds. The van der Waals surface area contributed by atoms with Crippen LogP contribution in [-0.4, -0.2) is 20.8 Å². The number of nitrogens with one attached hydrogen (secondary N) is 1. The van der Waals surface area contributed by atoms with Gasteiger partial charge in [-0.2, -0.15) is 0 Å². The number of anilines is 1. The molecule has 0 aliphatic heterocycles. The minimum absolute atomic E-state index is 0.340. The maximum atomic E-state index is 5.33. The van der Waals surface area contributed by atoms with E-state index in [2.05, 4.69) is 26.1 Å². The molecule has 0 fully saturated rings. The lowest BCUT2D eigenvalue weighted by molar-refractivity contribution is 0.386. The number of methoxy groups -OCH3 is 2. The van der Waals surface area contributed by atoms with E-state index in [4.69, 9.17) is 9.47 Å². The first kappa shape index (κ1) is 13.7. The Kier molecular flexibility index (Phi) is 4.67. The Labute approximate surface area is 104 Å². The molecule has 1 aromatic carbocycles. The van der Waals surface area contributed by atoms with Crippen LogP contribution in [0.4, 0.5) is 5.69 Å². The highest BCUT2D eigenvalue weighted by molar-refractivity contribution is 5.59. The third-order valence-corrected chi connectivity index (χ3v) is 2.60. The molecule has 1 rings (SSSR count). The second-order valence-electron chi connectivity index (χ2n) is 5.30. The van der Waals surface area contributed by atoms with Crippen molar-refractivity contribution in [3.05, 3.63) is 18.2 Å². The number of rotatable bonds is 5.